The van der Waals surface area contributed by atoms with E-state index in [1.54, 1.807) is 0 Å². The van der Waals surface area contributed by atoms with Crippen LogP contribution in [-0.4, -0.2) is 56.1 Å². The normalized spacial score (nSPS) is 14.4. The minimum Gasteiger partial charge on any atom is -0.494 e. The third-order valence-electron chi connectivity index (χ3n) is 4.33. The van der Waals surface area contributed by atoms with E-state index in [2.05, 4.69) is 34.7 Å². The topological polar surface area (TPSA) is 66.0 Å². The van der Waals surface area contributed by atoms with E-state index in [0.717, 1.165) is 57.6 Å². The maximum absolute atomic E-state index is 12.1. The van der Waals surface area contributed by atoms with Gasteiger partial charge in [0, 0.05) is 26.2 Å². The largest absolute Gasteiger partial charge is 0.494 e. The molecule has 1 saturated heterocycles. The van der Waals surface area contributed by atoms with Gasteiger partial charge in [-0.2, -0.15) is 0 Å². The summed E-state index contributed by atoms with van der Waals surface area (Å²) >= 11 is 0. The molecule has 6 nitrogen and oxygen atoms in total. The average molecular weight is 361 g/mol. The zero-order valence-electron chi connectivity index (χ0n) is 16.1. The minimum absolute atomic E-state index is 0.117. The number of aliphatic imine (C=N–C) groups is 1. The Labute approximate surface area is 157 Å². The molecule has 1 aromatic carbocycles. The van der Waals surface area contributed by atoms with Crippen LogP contribution in [0.15, 0.2) is 29.3 Å². The number of rotatable bonds is 9. The highest BCUT2D eigenvalue weighted by molar-refractivity contribution is 5.85. The van der Waals surface area contributed by atoms with Gasteiger partial charge >= 0.3 is 0 Å². The molecule has 6 heteroatoms. The molecule has 26 heavy (non-hydrogen) atoms. The Morgan fingerprint density at radius 3 is 2.58 bits per heavy atom. The number of carbonyl (C=O) groups is 1. The number of likely N-dealkylation sites (tertiary alicyclic amines) is 1. The number of ether oxygens (including phenoxy) is 1. The van der Waals surface area contributed by atoms with E-state index in [0.29, 0.717) is 12.6 Å². The van der Waals surface area contributed by atoms with Gasteiger partial charge < -0.3 is 20.3 Å². The number of hydrogen-bond donors (Lipinski definition) is 2. The van der Waals surface area contributed by atoms with E-state index in [1.807, 2.05) is 24.0 Å². The third kappa shape index (κ3) is 7.33. The third-order valence-corrected chi connectivity index (χ3v) is 4.33. The van der Waals surface area contributed by atoms with Crippen LogP contribution in [0.25, 0.3) is 0 Å². The summed E-state index contributed by atoms with van der Waals surface area (Å²) in [4.78, 5) is 18.4. The van der Waals surface area contributed by atoms with Gasteiger partial charge in [-0.25, -0.2) is 4.99 Å². The van der Waals surface area contributed by atoms with Gasteiger partial charge in [0.05, 0.1) is 6.61 Å². The fourth-order valence-corrected chi connectivity index (χ4v) is 2.81. The van der Waals surface area contributed by atoms with Crippen molar-refractivity contribution in [1.29, 1.82) is 0 Å². The van der Waals surface area contributed by atoms with Gasteiger partial charge in [-0.15, -0.1) is 0 Å². The van der Waals surface area contributed by atoms with Gasteiger partial charge in [0.1, 0.15) is 12.3 Å². The first kappa shape index (κ1) is 20.1. The molecule has 0 radical (unpaired) electrons. The molecule has 1 fully saturated rings. The van der Waals surface area contributed by atoms with Gasteiger partial charge in [0.25, 0.3) is 0 Å². The molecule has 0 saturated carbocycles. The lowest BCUT2D eigenvalue weighted by Crippen LogP contribution is -2.39. The average Bonchev–Trinajstić information content (AvgIpc) is 3.18. The first-order valence-corrected chi connectivity index (χ1v) is 9.68. The summed E-state index contributed by atoms with van der Waals surface area (Å²) in [6.45, 7) is 8.34. The molecule has 0 aromatic heterocycles. The summed E-state index contributed by atoms with van der Waals surface area (Å²) in [5.41, 5.74) is 1.24. The standard InChI is InChI=1S/C20H32N4O2/c1-3-21-20(23-16-19(25)24-13-5-6-14-24)22-12-4-7-15-26-18-10-8-17(2)9-11-18/h8-11H,3-7,12-16H2,1-2H3,(H2,21,22,23). The van der Waals surface area contributed by atoms with Gasteiger partial charge in [-0.1, -0.05) is 17.7 Å². The fourth-order valence-electron chi connectivity index (χ4n) is 2.81. The number of benzene rings is 1. The van der Waals surface area contributed by atoms with Crippen molar-refractivity contribution < 1.29 is 9.53 Å². The Kier molecular flexibility index (Phi) is 8.79. The molecule has 0 atom stereocenters. The SMILES string of the molecule is CCNC(=NCC(=O)N1CCCC1)NCCCCOc1ccc(C)cc1. The summed E-state index contributed by atoms with van der Waals surface area (Å²) < 4.78 is 5.73. The van der Waals surface area contributed by atoms with Crippen molar-refractivity contribution in [3.05, 3.63) is 29.8 Å². The molecule has 2 rings (SSSR count). The van der Waals surface area contributed by atoms with Crippen molar-refractivity contribution in [3.63, 3.8) is 0 Å². The number of nitrogens with zero attached hydrogens (tertiary/aromatic N) is 2. The van der Waals surface area contributed by atoms with E-state index in [-0.39, 0.29) is 12.5 Å². The van der Waals surface area contributed by atoms with Crippen LogP contribution < -0.4 is 15.4 Å². The molecule has 0 bridgehead atoms. The van der Waals surface area contributed by atoms with Crippen LogP contribution in [0.3, 0.4) is 0 Å². The van der Waals surface area contributed by atoms with Crippen LogP contribution in [0.5, 0.6) is 5.75 Å². The predicted octanol–water partition coefficient (Wildman–Crippen LogP) is 2.33. The van der Waals surface area contributed by atoms with E-state index in [9.17, 15) is 4.79 Å². The zero-order valence-corrected chi connectivity index (χ0v) is 16.1. The Hall–Kier alpha value is -2.24. The number of aryl methyl sites for hydroxylation is 1. The summed E-state index contributed by atoms with van der Waals surface area (Å²) in [6, 6.07) is 8.11. The molecule has 1 aliphatic heterocycles. The molecule has 1 amide bonds. The second-order valence-corrected chi connectivity index (χ2v) is 6.58. The van der Waals surface area contributed by atoms with E-state index < -0.39 is 0 Å². The molecule has 1 aromatic rings. The lowest BCUT2D eigenvalue weighted by Gasteiger charge is -2.15. The van der Waals surface area contributed by atoms with Gasteiger partial charge in [-0.3, -0.25) is 4.79 Å². The maximum Gasteiger partial charge on any atom is 0.244 e. The van der Waals surface area contributed by atoms with Crippen LogP contribution in [0.1, 0.15) is 38.2 Å². The number of nitrogens with one attached hydrogen (secondary N) is 2. The Morgan fingerprint density at radius 1 is 1.15 bits per heavy atom. The highest BCUT2D eigenvalue weighted by Gasteiger charge is 2.17. The van der Waals surface area contributed by atoms with Crippen LogP contribution >= 0.6 is 0 Å². The highest BCUT2D eigenvalue weighted by Crippen LogP contribution is 2.11. The van der Waals surface area contributed by atoms with E-state index >= 15 is 0 Å². The molecule has 0 unspecified atom stereocenters. The molecular formula is C20H32N4O2. The smallest absolute Gasteiger partial charge is 0.244 e. The number of carbonyl (C=O) groups excluding carboxylic acids is 1. The van der Waals surface area contributed by atoms with E-state index in [1.165, 1.54) is 5.56 Å². The van der Waals surface area contributed by atoms with Crippen LogP contribution in [0, 0.1) is 6.92 Å². The second kappa shape index (κ2) is 11.4. The second-order valence-electron chi connectivity index (χ2n) is 6.58. The van der Waals surface area contributed by atoms with Gasteiger partial charge in [-0.05, 0) is 51.7 Å². The maximum atomic E-state index is 12.1. The minimum atomic E-state index is 0.117. The summed E-state index contributed by atoms with van der Waals surface area (Å²) in [6.07, 6.45) is 4.17. The number of hydrogen-bond acceptors (Lipinski definition) is 3. The van der Waals surface area contributed by atoms with E-state index in [4.69, 9.17) is 4.74 Å². The van der Waals surface area contributed by atoms with Crippen molar-refractivity contribution >= 4 is 11.9 Å². The quantitative estimate of drug-likeness (QED) is 0.403. The van der Waals surface area contributed by atoms with Crippen molar-refractivity contribution in [1.82, 2.24) is 15.5 Å². The highest BCUT2D eigenvalue weighted by atomic mass is 16.5. The molecule has 1 heterocycles. The number of guanidine groups is 1. The summed E-state index contributed by atoms with van der Waals surface area (Å²) in [7, 11) is 0. The fraction of sp³-hybridized carbons (Fsp3) is 0.600. The molecule has 0 aliphatic carbocycles. The Balaban J connectivity index is 1.61. The Bertz CT molecular complexity index is 566. The molecule has 1 aliphatic rings. The Morgan fingerprint density at radius 2 is 1.88 bits per heavy atom. The van der Waals surface area contributed by atoms with Crippen molar-refractivity contribution in [2.24, 2.45) is 4.99 Å². The number of unbranched alkanes of at least 4 members (excludes halogenated alkanes) is 1. The molecule has 2 N–H and O–H groups in total. The van der Waals surface area contributed by atoms with Crippen molar-refractivity contribution in [2.75, 3.05) is 39.3 Å². The number of amides is 1. The van der Waals surface area contributed by atoms with Crippen LogP contribution in [0.4, 0.5) is 0 Å². The summed E-state index contributed by atoms with van der Waals surface area (Å²) in [5, 5.41) is 6.47. The zero-order chi connectivity index (χ0) is 18.6. The monoisotopic (exact) mass is 360 g/mol. The lowest BCUT2D eigenvalue weighted by atomic mass is 10.2. The summed E-state index contributed by atoms with van der Waals surface area (Å²) in [5.74, 6) is 1.74. The predicted molar refractivity (Wildman–Crippen MR) is 106 cm³/mol. The van der Waals surface area contributed by atoms with Crippen LogP contribution in [0.2, 0.25) is 0 Å². The van der Waals surface area contributed by atoms with Crippen molar-refractivity contribution in [2.45, 2.75) is 39.5 Å². The van der Waals surface area contributed by atoms with Gasteiger partial charge in [0.15, 0.2) is 5.96 Å². The molecule has 0 spiro atoms. The molecule has 144 valence electrons. The van der Waals surface area contributed by atoms with Crippen LogP contribution in [-0.2, 0) is 4.79 Å². The molecular weight excluding hydrogens is 328 g/mol. The lowest BCUT2D eigenvalue weighted by molar-refractivity contribution is -0.128. The van der Waals surface area contributed by atoms with Crippen molar-refractivity contribution in [3.8, 4) is 5.75 Å². The first-order chi connectivity index (χ1) is 12.7. The van der Waals surface area contributed by atoms with Gasteiger partial charge in [0.2, 0.25) is 5.91 Å². The first-order valence-electron chi connectivity index (χ1n) is 9.68.